The number of imidazole rings is 1. The third-order valence-corrected chi connectivity index (χ3v) is 3.87. The number of halogens is 1. The van der Waals surface area contributed by atoms with Gasteiger partial charge in [0.15, 0.2) is 0 Å². The summed E-state index contributed by atoms with van der Waals surface area (Å²) in [4.78, 5) is 16.3. The Balaban J connectivity index is 2.04. The molecule has 0 saturated carbocycles. The predicted molar refractivity (Wildman–Crippen MR) is 93.5 cm³/mol. The summed E-state index contributed by atoms with van der Waals surface area (Å²) in [6.07, 6.45) is 1.64. The van der Waals surface area contributed by atoms with Crippen LogP contribution in [0.3, 0.4) is 0 Å². The molecule has 2 heterocycles. The smallest absolute Gasteiger partial charge is 0.268 e. The van der Waals surface area contributed by atoms with E-state index in [1.54, 1.807) is 25.4 Å². The van der Waals surface area contributed by atoms with E-state index in [0.29, 0.717) is 16.4 Å². The summed E-state index contributed by atoms with van der Waals surface area (Å²) in [5.74, 6) is 6.88. The maximum atomic E-state index is 11.8. The third-order valence-electron chi connectivity index (χ3n) is 3.64. The van der Waals surface area contributed by atoms with Crippen molar-refractivity contribution in [3.05, 3.63) is 74.7 Å². The van der Waals surface area contributed by atoms with Crippen molar-refractivity contribution in [3.63, 3.8) is 0 Å². The molecular weight excluding hydrogens is 324 g/mol. The molecule has 0 fully saturated rings. The number of aromatic nitrogens is 4. The number of hydrogen-bond donors (Lipinski definition) is 0. The van der Waals surface area contributed by atoms with E-state index >= 15 is 0 Å². The first-order valence-corrected chi connectivity index (χ1v) is 7.71. The van der Waals surface area contributed by atoms with E-state index in [4.69, 9.17) is 11.6 Å². The maximum Gasteiger partial charge on any atom is 0.268 e. The van der Waals surface area contributed by atoms with Gasteiger partial charge in [-0.3, -0.25) is 9.36 Å². The van der Waals surface area contributed by atoms with E-state index in [-0.39, 0.29) is 5.56 Å². The van der Waals surface area contributed by atoms with Crippen LogP contribution in [0.2, 0.25) is 5.02 Å². The zero-order valence-corrected chi connectivity index (χ0v) is 14.3. The van der Waals surface area contributed by atoms with E-state index < -0.39 is 0 Å². The first-order valence-electron chi connectivity index (χ1n) is 7.33. The van der Waals surface area contributed by atoms with Crippen molar-refractivity contribution in [2.24, 2.45) is 7.05 Å². The van der Waals surface area contributed by atoms with Gasteiger partial charge in [0, 0.05) is 23.7 Å². The Kier molecular flexibility index (Phi) is 4.24. The second-order valence-corrected chi connectivity index (χ2v) is 5.80. The van der Waals surface area contributed by atoms with E-state index in [2.05, 4.69) is 21.9 Å². The second kappa shape index (κ2) is 6.34. The average molecular weight is 339 g/mol. The van der Waals surface area contributed by atoms with Gasteiger partial charge >= 0.3 is 0 Å². The minimum Gasteiger partial charge on any atom is -0.298 e. The molecule has 0 aliphatic carbocycles. The molecule has 0 aliphatic rings. The van der Waals surface area contributed by atoms with E-state index in [0.717, 1.165) is 17.1 Å². The van der Waals surface area contributed by atoms with Gasteiger partial charge in [-0.05, 0) is 38.0 Å². The van der Waals surface area contributed by atoms with Gasteiger partial charge in [0.1, 0.15) is 11.5 Å². The lowest BCUT2D eigenvalue weighted by Crippen LogP contribution is -2.19. The van der Waals surface area contributed by atoms with Crippen molar-refractivity contribution in [1.82, 2.24) is 19.3 Å². The van der Waals surface area contributed by atoms with Crippen LogP contribution in [0, 0.1) is 25.7 Å². The minimum absolute atomic E-state index is 0.174. The molecule has 5 nitrogen and oxygen atoms in total. The molecule has 1 aromatic carbocycles. The normalized spacial score (nSPS) is 10.3. The van der Waals surface area contributed by atoms with Crippen LogP contribution in [0.15, 0.2) is 41.3 Å². The molecule has 0 atom stereocenters. The van der Waals surface area contributed by atoms with Crippen molar-refractivity contribution in [3.8, 4) is 17.5 Å². The highest BCUT2D eigenvalue weighted by Crippen LogP contribution is 2.16. The Morgan fingerprint density at radius 3 is 2.67 bits per heavy atom. The largest absolute Gasteiger partial charge is 0.298 e. The Labute approximate surface area is 144 Å². The molecule has 2 aromatic heterocycles. The summed E-state index contributed by atoms with van der Waals surface area (Å²) in [5, 5.41) is 4.70. The van der Waals surface area contributed by atoms with Gasteiger partial charge < -0.3 is 0 Å². The molecule has 24 heavy (non-hydrogen) atoms. The van der Waals surface area contributed by atoms with Crippen LogP contribution in [0.1, 0.15) is 22.8 Å². The van der Waals surface area contributed by atoms with Crippen LogP contribution in [0.4, 0.5) is 0 Å². The Hall–Kier alpha value is -2.84. The van der Waals surface area contributed by atoms with Gasteiger partial charge in [0.05, 0.1) is 17.6 Å². The SMILES string of the molecule is Cc1nc(C#Cc2cccc(Cl)c2)c(C)n1-c1cnn(C)c(=O)c1. The predicted octanol–water partition coefficient (Wildman–Crippen LogP) is 2.64. The van der Waals surface area contributed by atoms with E-state index in [1.165, 1.54) is 10.7 Å². The summed E-state index contributed by atoms with van der Waals surface area (Å²) in [5.41, 5.74) is 2.84. The van der Waals surface area contributed by atoms with Gasteiger partial charge in [0.25, 0.3) is 5.56 Å². The monoisotopic (exact) mass is 338 g/mol. The standard InChI is InChI=1S/C18H15ClN4O/c1-12-17(8-7-14-5-4-6-15(19)9-14)21-13(2)23(12)16-10-18(24)22(3)20-11-16/h4-6,9-11H,1-3H3. The summed E-state index contributed by atoms with van der Waals surface area (Å²) < 4.78 is 3.15. The highest BCUT2D eigenvalue weighted by atomic mass is 35.5. The molecule has 0 bridgehead atoms. The number of benzene rings is 1. The first kappa shape index (κ1) is 16.0. The highest BCUT2D eigenvalue weighted by molar-refractivity contribution is 6.30. The number of aryl methyl sites for hydroxylation is 2. The quantitative estimate of drug-likeness (QED) is 0.641. The molecule has 3 aromatic rings. The van der Waals surface area contributed by atoms with Crippen LogP contribution in [-0.4, -0.2) is 19.3 Å². The third kappa shape index (κ3) is 3.10. The van der Waals surface area contributed by atoms with Crippen LogP contribution >= 0.6 is 11.6 Å². The molecule has 0 spiro atoms. The topological polar surface area (TPSA) is 52.7 Å². The zero-order chi connectivity index (χ0) is 17.3. The van der Waals surface area contributed by atoms with Gasteiger partial charge in [0.2, 0.25) is 0 Å². The summed E-state index contributed by atoms with van der Waals surface area (Å²) >= 11 is 5.97. The van der Waals surface area contributed by atoms with Gasteiger partial charge in [-0.25, -0.2) is 9.67 Å². The van der Waals surface area contributed by atoms with Crippen molar-refractivity contribution in [2.45, 2.75) is 13.8 Å². The molecule has 0 radical (unpaired) electrons. The molecule has 3 rings (SSSR count). The molecule has 0 amide bonds. The second-order valence-electron chi connectivity index (χ2n) is 5.36. The molecule has 120 valence electrons. The fourth-order valence-electron chi connectivity index (χ4n) is 2.42. The fourth-order valence-corrected chi connectivity index (χ4v) is 2.61. The molecule has 0 N–H and O–H groups in total. The van der Waals surface area contributed by atoms with Gasteiger partial charge in [-0.15, -0.1) is 0 Å². The Morgan fingerprint density at radius 2 is 1.96 bits per heavy atom. The first-order chi connectivity index (χ1) is 11.5. The Bertz CT molecular complexity index is 1040. The summed E-state index contributed by atoms with van der Waals surface area (Å²) in [6.45, 7) is 3.79. The van der Waals surface area contributed by atoms with Crippen molar-refractivity contribution in [2.75, 3.05) is 0 Å². The molecule has 0 saturated heterocycles. The van der Waals surface area contributed by atoms with Gasteiger partial charge in [-0.2, -0.15) is 5.10 Å². The van der Waals surface area contributed by atoms with Crippen molar-refractivity contribution in [1.29, 1.82) is 0 Å². The molecule has 0 unspecified atom stereocenters. The lowest BCUT2D eigenvalue weighted by molar-refractivity contribution is 0.700. The maximum absolute atomic E-state index is 11.8. The molecule has 0 aliphatic heterocycles. The lowest BCUT2D eigenvalue weighted by atomic mass is 10.2. The summed E-state index contributed by atoms with van der Waals surface area (Å²) in [7, 11) is 1.61. The van der Waals surface area contributed by atoms with Crippen LogP contribution < -0.4 is 5.56 Å². The molecule has 6 heteroatoms. The van der Waals surface area contributed by atoms with E-state index in [1.807, 2.05) is 30.5 Å². The minimum atomic E-state index is -0.174. The Morgan fingerprint density at radius 1 is 1.17 bits per heavy atom. The highest BCUT2D eigenvalue weighted by Gasteiger charge is 2.12. The van der Waals surface area contributed by atoms with Gasteiger partial charge in [-0.1, -0.05) is 23.6 Å². The lowest BCUT2D eigenvalue weighted by Gasteiger charge is -2.07. The number of nitrogens with zero attached hydrogens (tertiary/aromatic N) is 4. The van der Waals surface area contributed by atoms with E-state index in [9.17, 15) is 4.79 Å². The number of rotatable bonds is 1. The average Bonchev–Trinajstić information content (AvgIpc) is 2.82. The van der Waals surface area contributed by atoms with Crippen molar-refractivity contribution >= 4 is 11.6 Å². The van der Waals surface area contributed by atoms with Crippen molar-refractivity contribution < 1.29 is 0 Å². The number of hydrogen-bond acceptors (Lipinski definition) is 3. The van der Waals surface area contributed by atoms with Crippen LogP contribution in [0.5, 0.6) is 0 Å². The zero-order valence-electron chi connectivity index (χ0n) is 13.5. The van der Waals surface area contributed by atoms with Crippen LogP contribution in [-0.2, 0) is 7.05 Å². The fraction of sp³-hybridized carbons (Fsp3) is 0.167. The molecular formula is C18H15ClN4O. The van der Waals surface area contributed by atoms with Crippen LogP contribution in [0.25, 0.3) is 5.69 Å². The summed E-state index contributed by atoms with van der Waals surface area (Å²) in [6, 6.07) is 8.89.